The molecule has 0 atom stereocenters. The quantitative estimate of drug-likeness (QED) is 0.691. The highest BCUT2D eigenvalue weighted by atomic mass is 16.5. The fourth-order valence-corrected chi connectivity index (χ4v) is 4.33. The highest BCUT2D eigenvalue weighted by molar-refractivity contribution is 5.95. The topological polar surface area (TPSA) is 52.2 Å². The third-order valence-electron chi connectivity index (χ3n) is 6.41. The number of pyridine rings is 1. The lowest BCUT2D eigenvalue weighted by Crippen LogP contribution is -2.50. The molecular formula is C25H35N5O2. The van der Waals surface area contributed by atoms with Gasteiger partial charge in [0.05, 0.1) is 12.2 Å². The number of hydrogen-bond acceptors (Lipinski definition) is 6. The van der Waals surface area contributed by atoms with Crippen LogP contribution in [-0.4, -0.2) is 105 Å². The van der Waals surface area contributed by atoms with Crippen LogP contribution in [0.5, 0.6) is 0 Å². The molecule has 2 saturated heterocycles. The van der Waals surface area contributed by atoms with Gasteiger partial charge in [-0.1, -0.05) is 12.1 Å². The molecule has 7 nitrogen and oxygen atoms in total. The first kappa shape index (κ1) is 22.7. The van der Waals surface area contributed by atoms with Crippen LogP contribution in [0.1, 0.15) is 16.8 Å². The van der Waals surface area contributed by atoms with Crippen molar-refractivity contribution < 1.29 is 9.53 Å². The maximum atomic E-state index is 13.1. The number of amides is 1. The molecule has 1 aromatic carbocycles. The van der Waals surface area contributed by atoms with Crippen molar-refractivity contribution in [2.24, 2.45) is 0 Å². The molecule has 172 valence electrons. The van der Waals surface area contributed by atoms with Gasteiger partial charge in [0.15, 0.2) is 0 Å². The predicted molar refractivity (Wildman–Crippen MR) is 128 cm³/mol. The van der Waals surface area contributed by atoms with Crippen LogP contribution in [0.4, 0.5) is 5.69 Å². The molecule has 7 heteroatoms. The molecule has 0 N–H and O–H groups in total. The summed E-state index contributed by atoms with van der Waals surface area (Å²) in [6.07, 6.45) is 4.64. The molecule has 4 rings (SSSR count). The maximum absolute atomic E-state index is 13.1. The number of nitrogens with zero attached hydrogens (tertiary/aromatic N) is 5. The lowest BCUT2D eigenvalue weighted by atomic mass is 10.0. The van der Waals surface area contributed by atoms with Crippen molar-refractivity contribution in [3.63, 3.8) is 0 Å². The molecule has 0 bridgehead atoms. The van der Waals surface area contributed by atoms with Gasteiger partial charge in [0.2, 0.25) is 0 Å². The van der Waals surface area contributed by atoms with E-state index < -0.39 is 0 Å². The molecule has 2 aliphatic rings. The number of hydrogen-bond donors (Lipinski definition) is 0. The number of ether oxygens (including phenoxy) is 1. The Morgan fingerprint density at radius 3 is 2.34 bits per heavy atom. The van der Waals surface area contributed by atoms with Gasteiger partial charge in [0, 0.05) is 96.7 Å². The van der Waals surface area contributed by atoms with E-state index in [1.54, 1.807) is 6.20 Å². The van der Waals surface area contributed by atoms with Gasteiger partial charge in [0.25, 0.3) is 5.91 Å². The molecule has 2 aromatic rings. The molecule has 1 amide bonds. The summed E-state index contributed by atoms with van der Waals surface area (Å²) in [4.78, 5) is 26.5. The summed E-state index contributed by atoms with van der Waals surface area (Å²) in [6.45, 7) is 9.40. The molecule has 3 heterocycles. The average Bonchev–Trinajstić information content (AvgIpc) is 3.12. The molecule has 0 radical (unpaired) electrons. The van der Waals surface area contributed by atoms with Crippen molar-refractivity contribution in [3.05, 3.63) is 48.3 Å². The van der Waals surface area contributed by atoms with Gasteiger partial charge in [-0.15, -0.1) is 0 Å². The summed E-state index contributed by atoms with van der Waals surface area (Å²) in [6, 6.07) is 10.3. The van der Waals surface area contributed by atoms with Crippen molar-refractivity contribution in [1.82, 2.24) is 19.7 Å². The second-order valence-electron chi connectivity index (χ2n) is 8.85. The fourth-order valence-electron chi connectivity index (χ4n) is 4.33. The third kappa shape index (κ3) is 5.85. The van der Waals surface area contributed by atoms with Crippen LogP contribution in [0, 0.1) is 0 Å². The molecule has 1 aromatic heterocycles. The Morgan fingerprint density at radius 1 is 0.906 bits per heavy atom. The standard InChI is InChI=1S/C25H35N5O2/c1-27(2)24-6-4-21(5-7-24)22-18-23(20-26-19-22)25(31)30-13-11-29(12-14-30)10-9-28-8-3-16-32-17-15-28/h4-7,18-20H,3,8-17H2,1-2H3. The average molecular weight is 438 g/mol. The number of carbonyl (C=O) groups is 1. The zero-order valence-corrected chi connectivity index (χ0v) is 19.4. The normalized spacial score (nSPS) is 18.4. The van der Waals surface area contributed by atoms with E-state index in [1.165, 1.54) is 0 Å². The van der Waals surface area contributed by atoms with E-state index in [0.717, 1.165) is 88.8 Å². The minimum atomic E-state index is 0.0774. The Kier molecular flexibility index (Phi) is 7.73. The summed E-state index contributed by atoms with van der Waals surface area (Å²) in [7, 11) is 4.05. The Labute approximate surface area is 191 Å². The van der Waals surface area contributed by atoms with Crippen molar-refractivity contribution in [1.29, 1.82) is 0 Å². The summed E-state index contributed by atoms with van der Waals surface area (Å²) < 4.78 is 5.54. The van der Waals surface area contributed by atoms with E-state index in [2.05, 4.69) is 43.9 Å². The van der Waals surface area contributed by atoms with Crippen LogP contribution >= 0.6 is 0 Å². The van der Waals surface area contributed by atoms with Crippen LogP contribution in [-0.2, 0) is 4.74 Å². The Hall–Kier alpha value is -2.48. The molecular weight excluding hydrogens is 402 g/mol. The van der Waals surface area contributed by atoms with Gasteiger partial charge in [-0.2, -0.15) is 0 Å². The summed E-state index contributed by atoms with van der Waals surface area (Å²) in [5, 5.41) is 0. The van der Waals surface area contributed by atoms with E-state index in [4.69, 9.17) is 4.74 Å². The first-order valence-electron chi connectivity index (χ1n) is 11.6. The maximum Gasteiger partial charge on any atom is 0.255 e. The molecule has 2 aliphatic heterocycles. The minimum absolute atomic E-state index is 0.0774. The lowest BCUT2D eigenvalue weighted by molar-refractivity contribution is 0.0621. The second kappa shape index (κ2) is 10.9. The lowest BCUT2D eigenvalue weighted by Gasteiger charge is -2.35. The number of benzene rings is 1. The Morgan fingerprint density at radius 2 is 1.62 bits per heavy atom. The van der Waals surface area contributed by atoms with E-state index in [-0.39, 0.29) is 5.91 Å². The van der Waals surface area contributed by atoms with Gasteiger partial charge in [-0.3, -0.25) is 19.6 Å². The number of carbonyl (C=O) groups excluding carboxylic acids is 1. The van der Waals surface area contributed by atoms with Gasteiger partial charge < -0.3 is 14.5 Å². The van der Waals surface area contributed by atoms with Gasteiger partial charge in [0.1, 0.15) is 0 Å². The molecule has 32 heavy (non-hydrogen) atoms. The SMILES string of the molecule is CN(C)c1ccc(-c2cncc(C(=O)N3CCN(CCN4CCCOCC4)CC3)c2)cc1. The van der Waals surface area contributed by atoms with E-state index in [9.17, 15) is 4.79 Å². The van der Waals surface area contributed by atoms with Crippen molar-refractivity contribution in [3.8, 4) is 11.1 Å². The third-order valence-corrected chi connectivity index (χ3v) is 6.41. The largest absolute Gasteiger partial charge is 0.380 e. The van der Waals surface area contributed by atoms with Gasteiger partial charge in [-0.05, 0) is 30.2 Å². The van der Waals surface area contributed by atoms with Crippen LogP contribution < -0.4 is 4.90 Å². The van der Waals surface area contributed by atoms with Gasteiger partial charge in [-0.25, -0.2) is 0 Å². The first-order valence-corrected chi connectivity index (χ1v) is 11.6. The van der Waals surface area contributed by atoms with Crippen LogP contribution in [0.3, 0.4) is 0 Å². The van der Waals surface area contributed by atoms with E-state index in [0.29, 0.717) is 5.56 Å². The van der Waals surface area contributed by atoms with Crippen LogP contribution in [0.15, 0.2) is 42.7 Å². The zero-order chi connectivity index (χ0) is 22.3. The minimum Gasteiger partial charge on any atom is -0.380 e. The summed E-state index contributed by atoms with van der Waals surface area (Å²) >= 11 is 0. The molecule has 0 aliphatic carbocycles. The van der Waals surface area contributed by atoms with Crippen LogP contribution in [0.25, 0.3) is 11.1 Å². The Balaban J connectivity index is 1.30. The molecule has 0 unspecified atom stereocenters. The number of rotatable bonds is 6. The monoisotopic (exact) mass is 437 g/mol. The molecule has 2 fully saturated rings. The fraction of sp³-hybridized carbons (Fsp3) is 0.520. The van der Waals surface area contributed by atoms with Gasteiger partial charge >= 0.3 is 0 Å². The summed E-state index contributed by atoms with van der Waals surface area (Å²) in [5.41, 5.74) is 3.86. The Bertz CT molecular complexity index is 870. The summed E-state index contributed by atoms with van der Waals surface area (Å²) in [5.74, 6) is 0.0774. The van der Waals surface area contributed by atoms with Crippen molar-refractivity contribution >= 4 is 11.6 Å². The number of anilines is 1. The highest BCUT2D eigenvalue weighted by Gasteiger charge is 2.23. The van der Waals surface area contributed by atoms with Crippen LogP contribution in [0.2, 0.25) is 0 Å². The number of aromatic nitrogens is 1. The number of piperazine rings is 1. The van der Waals surface area contributed by atoms with Crippen molar-refractivity contribution in [2.75, 3.05) is 84.6 Å². The second-order valence-corrected chi connectivity index (χ2v) is 8.85. The molecule has 0 spiro atoms. The highest BCUT2D eigenvalue weighted by Crippen LogP contribution is 2.23. The predicted octanol–water partition coefficient (Wildman–Crippen LogP) is 2.29. The molecule has 0 saturated carbocycles. The zero-order valence-electron chi connectivity index (χ0n) is 19.4. The van der Waals surface area contributed by atoms with E-state index >= 15 is 0 Å². The van der Waals surface area contributed by atoms with E-state index in [1.807, 2.05) is 31.3 Å². The smallest absolute Gasteiger partial charge is 0.255 e. The first-order chi connectivity index (χ1) is 15.6. The van der Waals surface area contributed by atoms with Crippen molar-refractivity contribution in [2.45, 2.75) is 6.42 Å².